The first kappa shape index (κ1) is 28.7. The largest absolute Gasteiger partial charge is 0.494 e. The molecule has 0 saturated heterocycles. The molecule has 2 fully saturated rings. The van der Waals surface area contributed by atoms with Gasteiger partial charge < -0.3 is 20.5 Å². The van der Waals surface area contributed by atoms with Crippen LogP contribution >= 0.6 is 31.9 Å². The molecule has 2 saturated carbocycles. The van der Waals surface area contributed by atoms with Crippen molar-refractivity contribution in [3.05, 3.63) is 45.4 Å². The van der Waals surface area contributed by atoms with Gasteiger partial charge in [0.1, 0.15) is 14.9 Å². The number of methoxy groups -OCH3 is 2. The first-order chi connectivity index (χ1) is 15.9. The van der Waals surface area contributed by atoms with Gasteiger partial charge in [-0.25, -0.2) is 9.97 Å². The molecule has 0 unspecified atom stereocenters. The summed E-state index contributed by atoms with van der Waals surface area (Å²) in [5, 5.41) is 2.86. The fourth-order valence-corrected chi connectivity index (χ4v) is 3.12. The Morgan fingerprint density at radius 2 is 1.64 bits per heavy atom. The third-order valence-corrected chi connectivity index (χ3v) is 5.65. The standard InChI is InChI=1S/C11H13BrN2O2.C6H6BrNO.C4H9N.CO2/c1-16-9-5-4-8(14-10(9)12)11(15)13-6-7-2-3-7;1-9-5-3-2-4-8-6(5)7;5-3-4-1-2-4;2-1-3/h4-5,7H,2-3,6H2,1H3,(H,13,15);2-4H,1H3;4H,1-3,5H2;. The molecular weight excluding hydrogens is 560 g/mol. The second-order valence-corrected chi connectivity index (χ2v) is 8.60. The summed E-state index contributed by atoms with van der Waals surface area (Å²) in [4.78, 5) is 36.0. The predicted molar refractivity (Wildman–Crippen MR) is 129 cm³/mol. The number of rotatable bonds is 6. The molecular formula is C22H28Br2N4O5. The fraction of sp³-hybridized carbons (Fsp3) is 0.455. The van der Waals surface area contributed by atoms with Crippen molar-refractivity contribution >= 4 is 43.9 Å². The van der Waals surface area contributed by atoms with E-state index in [0.717, 1.165) is 29.4 Å². The van der Waals surface area contributed by atoms with Crippen molar-refractivity contribution in [3.8, 4) is 11.5 Å². The number of pyridine rings is 2. The first-order valence-electron chi connectivity index (χ1n) is 10.2. The van der Waals surface area contributed by atoms with Crippen LogP contribution in [0.1, 0.15) is 36.2 Å². The van der Waals surface area contributed by atoms with Gasteiger partial charge in [-0.1, -0.05) is 0 Å². The quantitative estimate of drug-likeness (QED) is 0.490. The van der Waals surface area contributed by atoms with Gasteiger partial charge in [0.05, 0.1) is 14.2 Å². The Kier molecular flexibility index (Phi) is 14.2. The Morgan fingerprint density at radius 3 is 2.03 bits per heavy atom. The van der Waals surface area contributed by atoms with Gasteiger partial charge in [0.25, 0.3) is 5.91 Å². The van der Waals surface area contributed by atoms with E-state index in [9.17, 15) is 4.79 Å². The van der Waals surface area contributed by atoms with Crippen LogP contribution < -0.4 is 20.5 Å². The maximum atomic E-state index is 11.7. The average Bonchev–Trinajstić information content (AvgIpc) is 3.73. The maximum Gasteiger partial charge on any atom is 0.373 e. The van der Waals surface area contributed by atoms with Crippen LogP contribution in [0.3, 0.4) is 0 Å². The van der Waals surface area contributed by atoms with E-state index < -0.39 is 0 Å². The highest BCUT2D eigenvalue weighted by atomic mass is 79.9. The number of nitrogens with zero attached hydrogens (tertiary/aromatic N) is 2. The van der Waals surface area contributed by atoms with Gasteiger partial charge in [0, 0.05) is 12.7 Å². The zero-order valence-corrected chi connectivity index (χ0v) is 21.7. The Labute approximate surface area is 210 Å². The summed E-state index contributed by atoms with van der Waals surface area (Å²) in [6, 6.07) is 7.05. The van der Waals surface area contributed by atoms with E-state index in [0.29, 0.717) is 22.0 Å². The summed E-state index contributed by atoms with van der Waals surface area (Å²) in [6.07, 6.45) is 7.17. The molecule has 9 nitrogen and oxygen atoms in total. The molecule has 180 valence electrons. The number of nitrogens with two attached hydrogens (primary N) is 1. The topological polar surface area (TPSA) is 134 Å². The number of carbonyl (C=O) groups excluding carboxylic acids is 3. The summed E-state index contributed by atoms with van der Waals surface area (Å²) in [5.41, 5.74) is 5.64. The average molecular weight is 588 g/mol. The van der Waals surface area contributed by atoms with Crippen LogP contribution in [0.25, 0.3) is 0 Å². The first-order valence-corrected chi connectivity index (χ1v) is 11.8. The van der Waals surface area contributed by atoms with Crippen LogP contribution in [0, 0.1) is 11.8 Å². The molecule has 4 rings (SSSR count). The second-order valence-electron chi connectivity index (χ2n) is 7.10. The van der Waals surface area contributed by atoms with E-state index in [4.69, 9.17) is 24.8 Å². The van der Waals surface area contributed by atoms with E-state index in [-0.39, 0.29) is 12.1 Å². The Bertz CT molecular complexity index is 902. The molecule has 2 aromatic rings. The van der Waals surface area contributed by atoms with Crippen LogP contribution in [-0.4, -0.2) is 49.3 Å². The lowest BCUT2D eigenvalue weighted by molar-refractivity contribution is -0.191. The fourth-order valence-electron chi connectivity index (χ4n) is 2.23. The molecule has 33 heavy (non-hydrogen) atoms. The lowest BCUT2D eigenvalue weighted by Gasteiger charge is -2.06. The number of hydrogen-bond donors (Lipinski definition) is 2. The van der Waals surface area contributed by atoms with Crippen molar-refractivity contribution in [2.45, 2.75) is 25.7 Å². The number of halogens is 2. The van der Waals surface area contributed by atoms with Gasteiger partial charge in [-0.3, -0.25) is 4.79 Å². The summed E-state index contributed by atoms with van der Waals surface area (Å²) < 4.78 is 11.3. The number of nitrogens with one attached hydrogen (secondary N) is 1. The zero-order valence-electron chi connectivity index (χ0n) is 18.6. The summed E-state index contributed by atoms with van der Waals surface area (Å²) in [7, 11) is 3.18. The van der Waals surface area contributed by atoms with E-state index >= 15 is 0 Å². The number of amides is 1. The summed E-state index contributed by atoms with van der Waals surface area (Å²) >= 11 is 6.47. The molecule has 2 aliphatic rings. The normalized spacial score (nSPS) is 13.4. The monoisotopic (exact) mass is 586 g/mol. The number of carbonyl (C=O) groups is 1. The summed E-state index contributed by atoms with van der Waals surface area (Å²) in [5.74, 6) is 2.84. The molecule has 0 bridgehead atoms. The van der Waals surface area contributed by atoms with Gasteiger partial charge in [-0.15, -0.1) is 0 Å². The van der Waals surface area contributed by atoms with Crippen molar-refractivity contribution in [1.29, 1.82) is 0 Å². The van der Waals surface area contributed by atoms with Crippen molar-refractivity contribution in [2.24, 2.45) is 17.6 Å². The van der Waals surface area contributed by atoms with Crippen LogP contribution in [0.15, 0.2) is 39.7 Å². The molecule has 11 heteroatoms. The van der Waals surface area contributed by atoms with Gasteiger partial charge in [-0.2, -0.15) is 9.59 Å². The van der Waals surface area contributed by atoms with E-state index in [1.807, 2.05) is 12.1 Å². The predicted octanol–water partition coefficient (Wildman–Crippen LogP) is 3.62. The van der Waals surface area contributed by atoms with Crippen molar-refractivity contribution in [2.75, 3.05) is 27.3 Å². The third kappa shape index (κ3) is 12.5. The lowest BCUT2D eigenvalue weighted by atomic mass is 10.3. The van der Waals surface area contributed by atoms with Gasteiger partial charge in [0.2, 0.25) is 0 Å². The Balaban J connectivity index is 0.000000267. The number of aromatic nitrogens is 2. The van der Waals surface area contributed by atoms with Crippen LogP contribution in [0.5, 0.6) is 11.5 Å². The van der Waals surface area contributed by atoms with Gasteiger partial charge >= 0.3 is 6.15 Å². The SMILES string of the molecule is COc1ccc(C(=O)NCC2CC2)nc1Br.COc1cccnc1Br.NCC1CC1.O=C=O. The van der Waals surface area contributed by atoms with Gasteiger partial charge in [-0.05, 0) is 100 Å². The molecule has 0 radical (unpaired) electrons. The second kappa shape index (κ2) is 16.3. The highest BCUT2D eigenvalue weighted by Gasteiger charge is 2.22. The molecule has 0 atom stereocenters. The van der Waals surface area contributed by atoms with E-state index in [2.05, 4.69) is 47.1 Å². The summed E-state index contributed by atoms with van der Waals surface area (Å²) in [6.45, 7) is 1.67. The molecule has 1 amide bonds. The van der Waals surface area contributed by atoms with Crippen LogP contribution in [0.4, 0.5) is 0 Å². The minimum absolute atomic E-state index is 0.129. The third-order valence-electron chi connectivity index (χ3n) is 4.49. The van der Waals surface area contributed by atoms with Crippen LogP contribution in [0.2, 0.25) is 0 Å². The molecule has 2 aromatic heterocycles. The lowest BCUT2D eigenvalue weighted by Crippen LogP contribution is -2.26. The molecule has 0 aromatic carbocycles. The molecule has 2 heterocycles. The maximum absolute atomic E-state index is 11.7. The molecule has 3 N–H and O–H groups in total. The van der Waals surface area contributed by atoms with Crippen molar-refractivity contribution < 1.29 is 23.9 Å². The molecule has 0 spiro atoms. The smallest absolute Gasteiger partial charge is 0.373 e. The minimum atomic E-state index is -0.129. The van der Waals surface area contributed by atoms with E-state index in [1.165, 1.54) is 25.7 Å². The number of ether oxygens (including phenoxy) is 2. The van der Waals surface area contributed by atoms with Gasteiger partial charge in [0.15, 0.2) is 11.5 Å². The number of hydrogen-bond acceptors (Lipinski definition) is 8. The van der Waals surface area contributed by atoms with Crippen LogP contribution in [-0.2, 0) is 9.59 Å². The Hall–Kier alpha value is -2.33. The highest BCUT2D eigenvalue weighted by Crippen LogP contribution is 2.28. The van der Waals surface area contributed by atoms with Crippen molar-refractivity contribution in [3.63, 3.8) is 0 Å². The van der Waals surface area contributed by atoms with E-state index in [1.54, 1.807) is 32.5 Å². The Morgan fingerprint density at radius 1 is 1.06 bits per heavy atom. The molecule has 2 aliphatic carbocycles. The zero-order chi connectivity index (χ0) is 24.6. The van der Waals surface area contributed by atoms with Crippen molar-refractivity contribution in [1.82, 2.24) is 15.3 Å². The highest BCUT2D eigenvalue weighted by molar-refractivity contribution is 9.10. The molecule has 0 aliphatic heterocycles. The minimum Gasteiger partial charge on any atom is -0.494 e.